The quantitative estimate of drug-likeness (QED) is 0.704. The summed E-state index contributed by atoms with van der Waals surface area (Å²) in [4.78, 5) is 0. The van der Waals surface area contributed by atoms with Crippen LogP contribution in [0.25, 0.3) is 0 Å². The van der Waals surface area contributed by atoms with Gasteiger partial charge in [0.2, 0.25) is 0 Å². The number of anilines is 1. The van der Waals surface area contributed by atoms with Crippen molar-refractivity contribution in [1.29, 1.82) is 0 Å². The highest BCUT2D eigenvalue weighted by atomic mass is 16.5. The molecule has 1 aromatic carbocycles. The zero-order valence-electron chi connectivity index (χ0n) is 15.6. The van der Waals surface area contributed by atoms with E-state index in [4.69, 9.17) is 9.26 Å². The van der Waals surface area contributed by atoms with Crippen LogP contribution in [0.3, 0.4) is 0 Å². The van der Waals surface area contributed by atoms with Gasteiger partial charge >= 0.3 is 0 Å². The number of hydrogen-bond donors (Lipinski definition) is 1. The van der Waals surface area contributed by atoms with Gasteiger partial charge in [0.1, 0.15) is 11.5 Å². The third kappa shape index (κ3) is 3.58. The molecule has 1 N–H and O–H groups in total. The van der Waals surface area contributed by atoms with Gasteiger partial charge in [-0.3, -0.25) is 0 Å². The van der Waals surface area contributed by atoms with Gasteiger partial charge in [-0.25, -0.2) is 0 Å². The van der Waals surface area contributed by atoms with Crippen LogP contribution in [-0.4, -0.2) is 18.8 Å². The minimum atomic E-state index is -0.0272. The van der Waals surface area contributed by atoms with E-state index in [0.717, 1.165) is 49.6 Å². The van der Waals surface area contributed by atoms with Crippen LogP contribution in [0.1, 0.15) is 57.4 Å². The highest BCUT2D eigenvalue weighted by Gasteiger charge is 2.36. The van der Waals surface area contributed by atoms with E-state index in [1.807, 2.05) is 12.1 Å². The number of rotatable bonds is 9. The van der Waals surface area contributed by atoms with Crippen molar-refractivity contribution in [3.05, 3.63) is 41.2 Å². The number of hydrogen-bond acceptors (Lipinski definition) is 4. The Kier molecular flexibility index (Phi) is 6.29. The fourth-order valence-electron chi connectivity index (χ4n) is 3.40. The lowest BCUT2D eigenvalue weighted by molar-refractivity contribution is 0.267. The Morgan fingerprint density at radius 3 is 2.25 bits per heavy atom. The molecule has 0 fully saturated rings. The summed E-state index contributed by atoms with van der Waals surface area (Å²) >= 11 is 0. The van der Waals surface area contributed by atoms with E-state index in [-0.39, 0.29) is 5.41 Å². The average molecular weight is 330 g/mol. The molecule has 1 aromatic heterocycles. The Morgan fingerprint density at radius 1 is 1.08 bits per heavy atom. The van der Waals surface area contributed by atoms with Crippen molar-refractivity contribution in [2.75, 3.05) is 19.0 Å². The number of aromatic nitrogens is 1. The van der Waals surface area contributed by atoms with E-state index in [2.05, 4.69) is 50.3 Å². The molecule has 0 spiro atoms. The van der Waals surface area contributed by atoms with E-state index < -0.39 is 0 Å². The maximum absolute atomic E-state index is 5.87. The molecule has 4 heteroatoms. The lowest BCUT2D eigenvalue weighted by Crippen LogP contribution is -2.28. The SMILES string of the molecule is CCNc1noc(C(CC)(CC)Cc2ccc(OC)cc2)c1CC. The first kappa shape index (κ1) is 18.4. The van der Waals surface area contributed by atoms with Gasteiger partial charge in [0.05, 0.1) is 7.11 Å². The Bertz CT molecular complexity index is 628. The third-order valence-corrected chi connectivity index (χ3v) is 5.02. The molecule has 132 valence electrons. The molecule has 4 nitrogen and oxygen atoms in total. The molecule has 0 saturated carbocycles. The Morgan fingerprint density at radius 2 is 1.75 bits per heavy atom. The first-order valence-corrected chi connectivity index (χ1v) is 8.99. The van der Waals surface area contributed by atoms with E-state index in [1.165, 1.54) is 11.1 Å². The van der Waals surface area contributed by atoms with Crippen LogP contribution >= 0.6 is 0 Å². The maximum Gasteiger partial charge on any atom is 0.172 e. The highest BCUT2D eigenvalue weighted by Crippen LogP contribution is 2.40. The predicted molar refractivity (Wildman–Crippen MR) is 99.0 cm³/mol. The molecule has 0 unspecified atom stereocenters. The summed E-state index contributed by atoms with van der Waals surface area (Å²) in [7, 11) is 1.70. The highest BCUT2D eigenvalue weighted by molar-refractivity contribution is 5.48. The van der Waals surface area contributed by atoms with Crippen LogP contribution in [0.15, 0.2) is 28.8 Å². The van der Waals surface area contributed by atoms with Crippen LogP contribution in [0.5, 0.6) is 5.75 Å². The Hall–Kier alpha value is -1.97. The summed E-state index contributed by atoms with van der Waals surface area (Å²) < 4.78 is 11.1. The smallest absolute Gasteiger partial charge is 0.172 e. The van der Waals surface area contributed by atoms with Crippen molar-refractivity contribution in [2.45, 2.75) is 58.8 Å². The summed E-state index contributed by atoms with van der Waals surface area (Å²) in [6.07, 6.45) is 3.90. The first-order chi connectivity index (χ1) is 11.6. The van der Waals surface area contributed by atoms with Crippen LogP contribution in [0.4, 0.5) is 5.82 Å². The molecule has 0 aliphatic heterocycles. The molecule has 0 aliphatic carbocycles. The zero-order valence-corrected chi connectivity index (χ0v) is 15.6. The fraction of sp³-hybridized carbons (Fsp3) is 0.550. The van der Waals surface area contributed by atoms with Crippen molar-refractivity contribution < 1.29 is 9.26 Å². The van der Waals surface area contributed by atoms with Crippen molar-refractivity contribution in [3.8, 4) is 5.75 Å². The lowest BCUT2D eigenvalue weighted by Gasteiger charge is -2.30. The van der Waals surface area contributed by atoms with Crippen molar-refractivity contribution in [2.24, 2.45) is 0 Å². The van der Waals surface area contributed by atoms with Gasteiger partial charge in [0, 0.05) is 17.5 Å². The minimum absolute atomic E-state index is 0.0272. The molecular weight excluding hydrogens is 300 g/mol. The predicted octanol–water partition coefficient (Wildman–Crippen LogP) is 4.98. The molecule has 0 amide bonds. The average Bonchev–Trinajstić information content (AvgIpc) is 3.04. The summed E-state index contributed by atoms with van der Waals surface area (Å²) in [5.74, 6) is 2.83. The number of nitrogens with one attached hydrogen (secondary N) is 1. The molecule has 0 saturated heterocycles. The molecule has 0 atom stereocenters. The summed E-state index contributed by atoms with van der Waals surface area (Å²) in [6, 6.07) is 8.34. The maximum atomic E-state index is 5.87. The minimum Gasteiger partial charge on any atom is -0.497 e. The number of nitrogens with zero attached hydrogens (tertiary/aromatic N) is 1. The van der Waals surface area contributed by atoms with Gasteiger partial charge in [-0.1, -0.05) is 38.1 Å². The van der Waals surface area contributed by atoms with Crippen molar-refractivity contribution in [1.82, 2.24) is 5.16 Å². The van der Waals surface area contributed by atoms with Gasteiger partial charge < -0.3 is 14.6 Å². The van der Waals surface area contributed by atoms with Crippen LogP contribution in [-0.2, 0) is 18.3 Å². The van der Waals surface area contributed by atoms with Gasteiger partial charge in [-0.05, 0) is 50.3 Å². The molecule has 2 rings (SSSR count). The lowest BCUT2D eigenvalue weighted by atomic mass is 9.73. The molecule has 0 bridgehead atoms. The summed E-state index contributed by atoms with van der Waals surface area (Å²) in [6.45, 7) is 9.57. The largest absolute Gasteiger partial charge is 0.497 e. The second kappa shape index (κ2) is 8.22. The van der Waals surface area contributed by atoms with Crippen LogP contribution in [0, 0.1) is 0 Å². The number of methoxy groups -OCH3 is 1. The van der Waals surface area contributed by atoms with E-state index in [9.17, 15) is 0 Å². The summed E-state index contributed by atoms with van der Waals surface area (Å²) in [5, 5.41) is 7.63. The van der Waals surface area contributed by atoms with Gasteiger partial charge in [0.15, 0.2) is 5.82 Å². The van der Waals surface area contributed by atoms with Crippen LogP contribution in [0.2, 0.25) is 0 Å². The number of ether oxygens (including phenoxy) is 1. The normalized spacial score (nSPS) is 11.5. The fourth-order valence-corrected chi connectivity index (χ4v) is 3.40. The second-order valence-electron chi connectivity index (χ2n) is 6.24. The first-order valence-electron chi connectivity index (χ1n) is 8.99. The summed E-state index contributed by atoms with van der Waals surface area (Å²) in [5.41, 5.74) is 2.48. The standard InChI is InChI=1S/C20H30N2O2/c1-6-17-18(24-22-19(17)21-9-4)20(7-2,8-3)14-15-10-12-16(23-5)13-11-15/h10-13H,6-9,14H2,1-5H3,(H,21,22). The van der Waals surface area contributed by atoms with Crippen molar-refractivity contribution >= 4 is 5.82 Å². The Balaban J connectivity index is 2.39. The zero-order chi connectivity index (χ0) is 17.6. The van der Waals surface area contributed by atoms with Gasteiger partial charge in [0.25, 0.3) is 0 Å². The third-order valence-electron chi connectivity index (χ3n) is 5.02. The van der Waals surface area contributed by atoms with Gasteiger partial charge in [-0.2, -0.15) is 0 Å². The van der Waals surface area contributed by atoms with E-state index in [0.29, 0.717) is 0 Å². The molecular formula is C20H30N2O2. The van der Waals surface area contributed by atoms with E-state index in [1.54, 1.807) is 7.11 Å². The Labute approximate surface area is 145 Å². The van der Waals surface area contributed by atoms with Crippen molar-refractivity contribution in [3.63, 3.8) is 0 Å². The number of benzene rings is 1. The van der Waals surface area contributed by atoms with E-state index >= 15 is 0 Å². The molecule has 0 aliphatic rings. The molecule has 0 radical (unpaired) electrons. The monoisotopic (exact) mass is 330 g/mol. The second-order valence-corrected chi connectivity index (χ2v) is 6.24. The van der Waals surface area contributed by atoms with Crippen LogP contribution < -0.4 is 10.1 Å². The molecule has 1 heterocycles. The topological polar surface area (TPSA) is 47.3 Å². The van der Waals surface area contributed by atoms with Gasteiger partial charge in [-0.15, -0.1) is 0 Å². The molecule has 24 heavy (non-hydrogen) atoms. The molecule has 2 aromatic rings.